The van der Waals surface area contributed by atoms with Crippen LogP contribution in [-0.2, 0) is 38.1 Å². The van der Waals surface area contributed by atoms with Gasteiger partial charge >= 0.3 is 11.9 Å². The molecule has 0 bridgehead atoms. The van der Waals surface area contributed by atoms with Crippen LogP contribution in [0.15, 0.2) is 0 Å². The van der Waals surface area contributed by atoms with E-state index in [9.17, 15) is 24.6 Å². The monoisotopic (exact) mass is 414 g/mol. The number of Topliss-reactive ketones (excluding diaryl/α,β-unsaturated/α-hetero) is 1. The Bertz CT molecular complexity index is 753. The molecule has 2 heterocycles. The van der Waals surface area contributed by atoms with Crippen molar-refractivity contribution in [1.29, 1.82) is 0 Å². The molecule has 10 heteroatoms. The summed E-state index contributed by atoms with van der Waals surface area (Å²) in [6.07, 6.45) is -3.67. The van der Waals surface area contributed by atoms with Crippen molar-refractivity contribution in [3.63, 3.8) is 0 Å². The fourth-order valence-electron chi connectivity index (χ4n) is 6.52. The third-order valence-corrected chi connectivity index (χ3v) is 7.69. The lowest BCUT2D eigenvalue weighted by atomic mass is 9.43. The lowest BCUT2D eigenvalue weighted by molar-refractivity contribution is -0.248. The minimum absolute atomic E-state index is 0.163. The van der Waals surface area contributed by atoms with Crippen LogP contribution in [0.1, 0.15) is 13.3 Å². The Balaban J connectivity index is 1.97. The highest BCUT2D eigenvalue weighted by Crippen LogP contribution is 2.69. The Morgan fingerprint density at radius 1 is 1.03 bits per heavy atom. The molecule has 29 heavy (non-hydrogen) atoms. The van der Waals surface area contributed by atoms with Crippen molar-refractivity contribution in [3.8, 4) is 0 Å². The maximum Gasteiger partial charge on any atom is 0.366 e. The number of aliphatic hydroxyl groups is 2. The molecule has 0 aromatic rings. The normalized spacial score (nSPS) is 50.6. The summed E-state index contributed by atoms with van der Waals surface area (Å²) >= 11 is 0. The zero-order valence-electron chi connectivity index (χ0n) is 16.7. The van der Waals surface area contributed by atoms with Gasteiger partial charge in [-0.15, -0.1) is 0 Å². The molecule has 10 nitrogen and oxygen atoms in total. The van der Waals surface area contributed by atoms with Crippen molar-refractivity contribution in [2.45, 2.75) is 37.4 Å². The summed E-state index contributed by atoms with van der Waals surface area (Å²) in [5.41, 5.74) is -2.82. The molecule has 2 aliphatic carbocycles. The number of rotatable bonds is 3. The molecule has 1 spiro atoms. The van der Waals surface area contributed by atoms with Gasteiger partial charge in [0, 0.05) is 36.7 Å². The van der Waals surface area contributed by atoms with E-state index in [0.717, 1.165) is 0 Å². The maximum atomic E-state index is 13.3. The lowest BCUT2D eigenvalue weighted by Crippen LogP contribution is -2.72. The number of hydrogen-bond donors (Lipinski definition) is 2. The smallest absolute Gasteiger partial charge is 0.366 e. The SMILES string of the molecule is COC(=O)[C@@]1(OC)OC[C@]23[C@@H]1[C@H](C)C(=O)[C@@H]1OC[C@](C(=O)OC)([C@H](O)C[C@@H]2O)[C@H]13. The number of hydrogen-bond acceptors (Lipinski definition) is 10. The molecule has 162 valence electrons. The third kappa shape index (κ3) is 2.11. The first kappa shape index (κ1) is 20.7. The van der Waals surface area contributed by atoms with Crippen molar-refractivity contribution in [2.24, 2.45) is 28.6 Å². The molecule has 2 saturated carbocycles. The van der Waals surface area contributed by atoms with Gasteiger partial charge in [-0.2, -0.15) is 0 Å². The Kier molecular flexibility index (Phi) is 4.60. The van der Waals surface area contributed by atoms with Crippen LogP contribution >= 0.6 is 0 Å². The zero-order chi connectivity index (χ0) is 21.4. The first-order valence-electron chi connectivity index (χ1n) is 9.56. The number of carbonyl (C=O) groups excluding carboxylic acids is 3. The second kappa shape index (κ2) is 6.45. The van der Waals surface area contributed by atoms with Crippen LogP contribution in [0.4, 0.5) is 0 Å². The maximum absolute atomic E-state index is 13.3. The van der Waals surface area contributed by atoms with Crippen molar-refractivity contribution < 1.29 is 48.3 Å². The predicted octanol–water partition coefficient (Wildman–Crippen LogP) is -1.35. The van der Waals surface area contributed by atoms with Gasteiger partial charge in [0.15, 0.2) is 5.78 Å². The average molecular weight is 414 g/mol. The highest BCUT2D eigenvalue weighted by atomic mass is 16.7. The largest absolute Gasteiger partial charge is 0.468 e. The molecular weight excluding hydrogens is 388 g/mol. The van der Waals surface area contributed by atoms with Crippen molar-refractivity contribution in [3.05, 3.63) is 0 Å². The molecule has 0 aromatic heterocycles. The first-order chi connectivity index (χ1) is 13.7. The van der Waals surface area contributed by atoms with Crippen LogP contribution in [0.25, 0.3) is 0 Å². The van der Waals surface area contributed by atoms with Gasteiger partial charge < -0.3 is 33.9 Å². The van der Waals surface area contributed by atoms with Crippen molar-refractivity contribution >= 4 is 17.7 Å². The molecule has 0 aromatic carbocycles. The van der Waals surface area contributed by atoms with Crippen LogP contribution in [-0.4, -0.2) is 86.6 Å². The van der Waals surface area contributed by atoms with E-state index in [4.69, 9.17) is 23.7 Å². The molecule has 2 saturated heterocycles. The molecule has 0 amide bonds. The molecule has 9 atom stereocenters. The summed E-state index contributed by atoms with van der Waals surface area (Å²) in [5.74, 6) is -6.53. The van der Waals surface area contributed by atoms with E-state index in [1.807, 2.05) is 0 Å². The second-order valence-corrected chi connectivity index (χ2v) is 8.44. The third-order valence-electron chi connectivity index (χ3n) is 7.69. The first-order valence-corrected chi connectivity index (χ1v) is 9.56. The Labute approximate surface area is 167 Å². The minimum Gasteiger partial charge on any atom is -0.468 e. The summed E-state index contributed by atoms with van der Waals surface area (Å²) in [4.78, 5) is 38.9. The van der Waals surface area contributed by atoms with Crippen LogP contribution in [0.5, 0.6) is 0 Å². The lowest BCUT2D eigenvalue weighted by Gasteiger charge is -2.58. The van der Waals surface area contributed by atoms with Crippen LogP contribution in [0.3, 0.4) is 0 Å². The second-order valence-electron chi connectivity index (χ2n) is 8.44. The summed E-state index contributed by atoms with van der Waals surface area (Å²) < 4.78 is 27.0. The topological polar surface area (TPSA) is 138 Å². The highest BCUT2D eigenvalue weighted by molar-refractivity contribution is 5.92. The van der Waals surface area contributed by atoms with Crippen LogP contribution in [0.2, 0.25) is 0 Å². The number of methoxy groups -OCH3 is 3. The fraction of sp³-hybridized carbons (Fsp3) is 0.842. The Hall–Kier alpha value is -1.59. The fourth-order valence-corrected chi connectivity index (χ4v) is 6.52. The summed E-state index contributed by atoms with van der Waals surface area (Å²) in [6.45, 7) is 1.22. The Morgan fingerprint density at radius 2 is 1.69 bits per heavy atom. The summed E-state index contributed by atoms with van der Waals surface area (Å²) in [6, 6.07) is 0. The predicted molar refractivity (Wildman–Crippen MR) is 92.1 cm³/mol. The van der Waals surface area contributed by atoms with E-state index >= 15 is 0 Å². The number of ether oxygens (including phenoxy) is 5. The van der Waals surface area contributed by atoms with E-state index in [2.05, 4.69) is 0 Å². The molecule has 4 rings (SSSR count). The van der Waals surface area contributed by atoms with Gasteiger partial charge in [-0.1, -0.05) is 6.92 Å². The van der Waals surface area contributed by atoms with E-state index in [-0.39, 0.29) is 25.4 Å². The van der Waals surface area contributed by atoms with E-state index in [0.29, 0.717) is 0 Å². The molecule has 4 aliphatic rings. The van der Waals surface area contributed by atoms with Gasteiger partial charge in [-0.05, 0) is 0 Å². The van der Waals surface area contributed by atoms with Gasteiger partial charge in [0.25, 0.3) is 5.79 Å². The quantitative estimate of drug-likeness (QED) is 0.533. The van der Waals surface area contributed by atoms with Gasteiger partial charge in [0.2, 0.25) is 0 Å². The van der Waals surface area contributed by atoms with E-state index in [1.54, 1.807) is 6.92 Å². The number of aliphatic hydroxyl groups excluding tert-OH is 2. The minimum atomic E-state index is -1.93. The molecule has 0 unspecified atom stereocenters. The Morgan fingerprint density at radius 3 is 2.28 bits per heavy atom. The number of carbonyl (C=O) groups is 3. The van der Waals surface area contributed by atoms with Gasteiger partial charge in [-0.25, -0.2) is 4.79 Å². The molecular formula is C19H26O10. The van der Waals surface area contributed by atoms with Crippen LogP contribution < -0.4 is 0 Å². The van der Waals surface area contributed by atoms with Gasteiger partial charge in [0.1, 0.15) is 11.5 Å². The van der Waals surface area contributed by atoms with Gasteiger partial charge in [0.05, 0.1) is 39.6 Å². The highest BCUT2D eigenvalue weighted by Gasteiger charge is 2.82. The van der Waals surface area contributed by atoms with Crippen molar-refractivity contribution in [1.82, 2.24) is 0 Å². The number of esters is 2. The van der Waals surface area contributed by atoms with E-state index < -0.39 is 64.6 Å². The van der Waals surface area contributed by atoms with Crippen LogP contribution in [0, 0.1) is 28.6 Å². The molecule has 2 N–H and O–H groups in total. The molecule has 0 radical (unpaired) electrons. The standard InChI is InChI=1S/C19H26O10/c1-8-11(22)12-14-17(7-29-19(27-4,13(8)17)16(24)26-3)9(20)5-10(21)18(14,6-28-12)15(23)25-2/h8-10,12-14,20-21H,5-7H2,1-4H3/t8-,9+,10-,12+,13+,14-,17-,18+,19+/m1/s1. The average Bonchev–Trinajstić information content (AvgIpc) is 3.29. The van der Waals surface area contributed by atoms with Gasteiger partial charge in [-0.3, -0.25) is 9.59 Å². The van der Waals surface area contributed by atoms with Crippen molar-refractivity contribution in [2.75, 3.05) is 34.5 Å². The zero-order valence-corrected chi connectivity index (χ0v) is 16.7. The molecule has 2 aliphatic heterocycles. The summed E-state index contributed by atoms with van der Waals surface area (Å²) in [7, 11) is 3.63. The van der Waals surface area contributed by atoms with E-state index in [1.165, 1.54) is 21.3 Å². The number of ketones is 1. The summed E-state index contributed by atoms with van der Waals surface area (Å²) in [5, 5.41) is 22.0. The molecule has 4 fully saturated rings.